The number of rotatable bonds is 6. The van der Waals surface area contributed by atoms with Gasteiger partial charge in [-0.2, -0.15) is 0 Å². The van der Waals surface area contributed by atoms with E-state index in [2.05, 4.69) is 72.8 Å². The molecule has 0 saturated carbocycles. The largest absolute Gasteiger partial charge is 0.329 e. The molecule has 0 aliphatic rings. The molecule has 1 atom stereocenters. The fourth-order valence-electron chi connectivity index (χ4n) is 2.70. The van der Waals surface area contributed by atoms with Gasteiger partial charge in [0, 0.05) is 22.6 Å². The van der Waals surface area contributed by atoms with E-state index in [4.69, 9.17) is 5.73 Å². The van der Waals surface area contributed by atoms with Gasteiger partial charge in [0.2, 0.25) is 0 Å². The number of benzene rings is 1. The molecule has 2 N–H and O–H groups in total. The van der Waals surface area contributed by atoms with E-state index in [1.165, 1.54) is 5.56 Å². The van der Waals surface area contributed by atoms with Crippen LogP contribution in [0, 0.1) is 0 Å². The number of likely N-dealkylation sites (N-methyl/N-ethyl adjacent to an activating group) is 1. The lowest BCUT2D eigenvalue weighted by molar-refractivity contribution is 0.0823. The van der Waals surface area contributed by atoms with Gasteiger partial charge in [0.15, 0.2) is 0 Å². The standard InChI is InChI=1S/C15H25BrN2/c1-5-18(12(2)3)15(4,11-17)10-13-6-8-14(16)9-7-13/h6-9,12H,5,10-11,17H2,1-4H3. The Labute approximate surface area is 120 Å². The molecule has 102 valence electrons. The van der Waals surface area contributed by atoms with Crippen molar-refractivity contribution in [3.8, 4) is 0 Å². The summed E-state index contributed by atoms with van der Waals surface area (Å²) in [7, 11) is 0. The van der Waals surface area contributed by atoms with E-state index >= 15 is 0 Å². The molecule has 0 spiro atoms. The lowest BCUT2D eigenvalue weighted by Gasteiger charge is -2.43. The number of hydrogen-bond donors (Lipinski definition) is 1. The van der Waals surface area contributed by atoms with Gasteiger partial charge in [0.25, 0.3) is 0 Å². The van der Waals surface area contributed by atoms with Gasteiger partial charge < -0.3 is 5.73 Å². The summed E-state index contributed by atoms with van der Waals surface area (Å²) in [6.45, 7) is 10.6. The summed E-state index contributed by atoms with van der Waals surface area (Å²) in [5.41, 5.74) is 7.41. The van der Waals surface area contributed by atoms with Crippen LogP contribution in [0.3, 0.4) is 0 Å². The first-order valence-corrected chi connectivity index (χ1v) is 7.43. The van der Waals surface area contributed by atoms with Crippen LogP contribution in [0.1, 0.15) is 33.3 Å². The van der Waals surface area contributed by atoms with Gasteiger partial charge in [-0.1, -0.05) is 35.0 Å². The van der Waals surface area contributed by atoms with Gasteiger partial charge in [0.05, 0.1) is 0 Å². The average molecular weight is 313 g/mol. The minimum absolute atomic E-state index is 0.0245. The van der Waals surface area contributed by atoms with Gasteiger partial charge in [-0.3, -0.25) is 4.90 Å². The quantitative estimate of drug-likeness (QED) is 0.872. The summed E-state index contributed by atoms with van der Waals surface area (Å²) >= 11 is 3.47. The number of halogens is 1. The Morgan fingerprint density at radius 3 is 2.22 bits per heavy atom. The van der Waals surface area contributed by atoms with Crippen LogP contribution in [-0.4, -0.2) is 29.6 Å². The van der Waals surface area contributed by atoms with Crippen LogP contribution in [-0.2, 0) is 6.42 Å². The second-order valence-electron chi connectivity index (χ2n) is 5.38. The molecule has 0 aliphatic carbocycles. The van der Waals surface area contributed by atoms with Gasteiger partial charge >= 0.3 is 0 Å². The van der Waals surface area contributed by atoms with Crippen molar-refractivity contribution >= 4 is 15.9 Å². The Hall–Kier alpha value is -0.380. The highest BCUT2D eigenvalue weighted by Gasteiger charge is 2.31. The lowest BCUT2D eigenvalue weighted by atomic mass is 9.89. The molecule has 0 heterocycles. The van der Waals surface area contributed by atoms with E-state index in [9.17, 15) is 0 Å². The van der Waals surface area contributed by atoms with E-state index in [-0.39, 0.29) is 5.54 Å². The van der Waals surface area contributed by atoms with Gasteiger partial charge in [-0.05, 0) is 51.4 Å². The van der Waals surface area contributed by atoms with Gasteiger partial charge in [-0.25, -0.2) is 0 Å². The average Bonchev–Trinajstić information content (AvgIpc) is 2.32. The van der Waals surface area contributed by atoms with Crippen molar-refractivity contribution in [2.24, 2.45) is 5.73 Å². The van der Waals surface area contributed by atoms with Crippen molar-refractivity contribution in [1.82, 2.24) is 4.90 Å². The molecule has 0 bridgehead atoms. The summed E-state index contributed by atoms with van der Waals surface area (Å²) in [6, 6.07) is 9.05. The van der Waals surface area contributed by atoms with E-state index in [1.807, 2.05) is 0 Å². The fraction of sp³-hybridized carbons (Fsp3) is 0.600. The smallest absolute Gasteiger partial charge is 0.0346 e. The van der Waals surface area contributed by atoms with Crippen LogP contribution < -0.4 is 5.73 Å². The molecule has 18 heavy (non-hydrogen) atoms. The third-order valence-electron chi connectivity index (χ3n) is 3.60. The maximum absolute atomic E-state index is 6.05. The molecule has 0 radical (unpaired) electrons. The highest BCUT2D eigenvalue weighted by molar-refractivity contribution is 9.10. The summed E-state index contributed by atoms with van der Waals surface area (Å²) in [5, 5.41) is 0. The number of nitrogens with two attached hydrogens (primary N) is 1. The summed E-state index contributed by atoms with van der Waals surface area (Å²) < 4.78 is 1.12. The fourth-order valence-corrected chi connectivity index (χ4v) is 2.97. The van der Waals surface area contributed by atoms with Crippen molar-refractivity contribution in [3.05, 3.63) is 34.3 Å². The molecule has 0 aliphatic heterocycles. The van der Waals surface area contributed by atoms with Crippen molar-refractivity contribution in [3.63, 3.8) is 0 Å². The zero-order valence-corrected chi connectivity index (χ0v) is 13.5. The Balaban J connectivity index is 2.90. The second kappa shape index (κ2) is 6.69. The van der Waals surface area contributed by atoms with E-state index in [0.29, 0.717) is 12.6 Å². The molecule has 1 aromatic rings. The molecular weight excluding hydrogens is 288 g/mol. The third-order valence-corrected chi connectivity index (χ3v) is 4.12. The zero-order valence-electron chi connectivity index (χ0n) is 11.9. The van der Waals surface area contributed by atoms with Crippen LogP contribution in [0.25, 0.3) is 0 Å². The minimum atomic E-state index is 0.0245. The molecule has 0 saturated heterocycles. The highest BCUT2D eigenvalue weighted by atomic mass is 79.9. The second-order valence-corrected chi connectivity index (χ2v) is 6.30. The normalized spacial score (nSPS) is 15.1. The topological polar surface area (TPSA) is 29.3 Å². The van der Waals surface area contributed by atoms with Crippen molar-refractivity contribution in [2.45, 2.75) is 45.7 Å². The molecule has 1 unspecified atom stereocenters. The third kappa shape index (κ3) is 3.81. The van der Waals surface area contributed by atoms with Crippen molar-refractivity contribution in [2.75, 3.05) is 13.1 Å². The Morgan fingerprint density at radius 1 is 1.28 bits per heavy atom. The SMILES string of the molecule is CCN(C(C)C)C(C)(CN)Cc1ccc(Br)cc1. The first-order chi connectivity index (χ1) is 8.42. The van der Waals surface area contributed by atoms with Crippen LogP contribution in [0.5, 0.6) is 0 Å². The predicted octanol–water partition coefficient (Wildman–Crippen LogP) is 3.44. The van der Waals surface area contributed by atoms with E-state index in [0.717, 1.165) is 17.4 Å². The summed E-state index contributed by atoms with van der Waals surface area (Å²) in [6.07, 6.45) is 0.989. The monoisotopic (exact) mass is 312 g/mol. The van der Waals surface area contributed by atoms with Crippen molar-refractivity contribution < 1.29 is 0 Å². The lowest BCUT2D eigenvalue weighted by Crippen LogP contribution is -2.55. The molecule has 2 nitrogen and oxygen atoms in total. The summed E-state index contributed by atoms with van der Waals surface area (Å²) in [4.78, 5) is 2.48. The molecule has 0 fully saturated rings. The minimum Gasteiger partial charge on any atom is -0.329 e. The Morgan fingerprint density at radius 2 is 1.83 bits per heavy atom. The molecule has 3 heteroatoms. The van der Waals surface area contributed by atoms with Crippen LogP contribution in [0.15, 0.2) is 28.7 Å². The maximum Gasteiger partial charge on any atom is 0.0346 e. The van der Waals surface area contributed by atoms with E-state index in [1.54, 1.807) is 0 Å². The molecular formula is C15H25BrN2. The molecule has 1 rings (SSSR count). The van der Waals surface area contributed by atoms with Crippen LogP contribution in [0.4, 0.5) is 0 Å². The first kappa shape index (κ1) is 15.7. The molecule has 1 aromatic carbocycles. The first-order valence-electron chi connectivity index (χ1n) is 6.64. The number of nitrogens with zero attached hydrogens (tertiary/aromatic N) is 1. The maximum atomic E-state index is 6.05. The van der Waals surface area contributed by atoms with Crippen LogP contribution >= 0.6 is 15.9 Å². The zero-order chi connectivity index (χ0) is 13.8. The molecule has 0 aromatic heterocycles. The summed E-state index contributed by atoms with van der Waals surface area (Å²) in [5.74, 6) is 0. The molecule has 0 amide bonds. The predicted molar refractivity (Wildman–Crippen MR) is 82.8 cm³/mol. The van der Waals surface area contributed by atoms with Gasteiger partial charge in [-0.15, -0.1) is 0 Å². The number of hydrogen-bond acceptors (Lipinski definition) is 2. The van der Waals surface area contributed by atoms with Crippen LogP contribution in [0.2, 0.25) is 0 Å². The van der Waals surface area contributed by atoms with E-state index < -0.39 is 0 Å². The Kier molecular flexibility index (Phi) is 5.83. The van der Waals surface area contributed by atoms with Crippen molar-refractivity contribution in [1.29, 1.82) is 0 Å². The highest BCUT2D eigenvalue weighted by Crippen LogP contribution is 2.23. The van der Waals surface area contributed by atoms with Gasteiger partial charge in [0.1, 0.15) is 0 Å². The Bertz CT molecular complexity index is 361.